The largest absolute Gasteiger partial charge is 0.383 e. The molecule has 0 aliphatic carbocycles. The molecule has 0 aromatic heterocycles. The minimum atomic E-state index is -0.476. The van der Waals surface area contributed by atoms with Crippen molar-refractivity contribution in [3.8, 4) is 0 Å². The molecule has 0 aliphatic rings. The van der Waals surface area contributed by atoms with Gasteiger partial charge in [0.15, 0.2) is 0 Å². The van der Waals surface area contributed by atoms with E-state index in [1.807, 2.05) is 45.9 Å². The molecule has 2 aromatic carbocycles. The number of hydrogen-bond acceptors (Lipinski definition) is 5. The lowest BCUT2D eigenvalue weighted by Gasteiger charge is -2.24. The van der Waals surface area contributed by atoms with E-state index < -0.39 is 6.04 Å². The summed E-state index contributed by atoms with van der Waals surface area (Å²) >= 11 is 2.08. The Balaban J connectivity index is 1.89. The van der Waals surface area contributed by atoms with Gasteiger partial charge in [-0.2, -0.15) is 0 Å². The normalized spacial score (nSPS) is 13.3. The number of amides is 2. The molecule has 2 rings (SSSR count). The first kappa shape index (κ1) is 26.5. The molecule has 174 valence electrons. The summed E-state index contributed by atoms with van der Waals surface area (Å²) in [6.45, 7) is 12.4. The summed E-state index contributed by atoms with van der Waals surface area (Å²) in [6.07, 6.45) is 0.681. The predicted octanol–water partition coefficient (Wildman–Crippen LogP) is 4.60. The first-order valence-electron chi connectivity index (χ1n) is 10.6. The van der Waals surface area contributed by atoms with E-state index in [-0.39, 0.29) is 29.8 Å². The number of carbonyl (C=O) groups is 2. The highest BCUT2D eigenvalue weighted by molar-refractivity contribution is 14.2. The molecule has 2 amide bonds. The Morgan fingerprint density at radius 1 is 1.12 bits per heavy atom. The molecule has 0 saturated carbocycles. The molecule has 0 fully saturated rings. The fourth-order valence-electron chi connectivity index (χ4n) is 3.26. The molecule has 0 unspecified atom stereocenters. The highest BCUT2D eigenvalue weighted by Crippen LogP contribution is 2.18. The van der Waals surface area contributed by atoms with E-state index in [1.165, 1.54) is 25.5 Å². The molecule has 0 saturated heterocycles. The maximum atomic E-state index is 12.8. The minimum absolute atomic E-state index is 0.0650. The summed E-state index contributed by atoms with van der Waals surface area (Å²) in [5, 5.41) is 11.7. The summed E-state index contributed by atoms with van der Waals surface area (Å²) in [5.41, 5.74) is 1.62. The van der Waals surface area contributed by atoms with Crippen LogP contribution in [0.25, 0.3) is 10.8 Å². The van der Waals surface area contributed by atoms with Crippen LogP contribution in [0.1, 0.15) is 46.1 Å². The molecule has 8 heteroatoms. The van der Waals surface area contributed by atoms with E-state index in [4.69, 9.17) is 0 Å². The minimum Gasteiger partial charge on any atom is -0.383 e. The van der Waals surface area contributed by atoms with Gasteiger partial charge in [0.2, 0.25) is 11.8 Å². The maximum absolute atomic E-state index is 12.8. The van der Waals surface area contributed by atoms with E-state index in [0.717, 1.165) is 5.70 Å². The molecule has 0 radical (unpaired) electrons. The van der Waals surface area contributed by atoms with Crippen molar-refractivity contribution >= 4 is 52.9 Å². The van der Waals surface area contributed by atoms with Gasteiger partial charge in [0.05, 0.1) is 12.1 Å². The second-order valence-electron chi connectivity index (χ2n) is 8.83. The second-order valence-corrected chi connectivity index (χ2v) is 10.5. The number of rotatable bonds is 11. The third-order valence-corrected chi connectivity index (χ3v) is 6.08. The summed E-state index contributed by atoms with van der Waals surface area (Å²) in [7, 11) is 1.34. The number of halogens is 1. The van der Waals surface area contributed by atoms with Gasteiger partial charge in [-0.25, -0.2) is 4.72 Å². The first-order chi connectivity index (χ1) is 15.1. The van der Waals surface area contributed by atoms with Crippen LogP contribution in [-0.2, 0) is 16.1 Å². The van der Waals surface area contributed by atoms with Gasteiger partial charge in [-0.3, -0.25) is 9.59 Å². The van der Waals surface area contributed by atoms with Crippen molar-refractivity contribution in [2.24, 2.45) is 0 Å². The number of hydrogen-bond donors (Lipinski definition) is 4. The van der Waals surface area contributed by atoms with Gasteiger partial charge in [-0.05, 0) is 59.6 Å². The highest BCUT2D eigenvalue weighted by atomic mass is 127. The van der Waals surface area contributed by atoms with Gasteiger partial charge in [0, 0.05) is 45.4 Å². The summed E-state index contributed by atoms with van der Waals surface area (Å²) < 4.78 is 3.08. The van der Waals surface area contributed by atoms with Gasteiger partial charge in [0.1, 0.15) is 0 Å². The lowest BCUT2D eigenvalue weighted by Crippen LogP contribution is -2.47. The van der Waals surface area contributed by atoms with Crippen LogP contribution in [0.5, 0.6) is 0 Å². The van der Waals surface area contributed by atoms with Crippen LogP contribution in [0.3, 0.4) is 0 Å². The molecule has 2 atom stereocenters. The Kier molecular flexibility index (Phi) is 10.3. The fraction of sp³-hybridized carbons (Fsp3) is 0.417. The van der Waals surface area contributed by atoms with Gasteiger partial charge in [-0.1, -0.05) is 49.0 Å². The summed E-state index contributed by atoms with van der Waals surface area (Å²) in [4.78, 5) is 24.9. The van der Waals surface area contributed by atoms with Crippen LogP contribution in [0.4, 0.5) is 0 Å². The molecule has 32 heavy (non-hydrogen) atoms. The van der Waals surface area contributed by atoms with Crippen LogP contribution < -0.4 is 20.7 Å². The molecule has 6 nitrogen and oxygen atoms in total. The monoisotopic (exact) mass is 568 g/mol. The lowest BCUT2D eigenvalue weighted by atomic mass is 10.0. The zero-order chi connectivity index (χ0) is 23.7. The smallest absolute Gasteiger partial charge is 0.238 e. The van der Waals surface area contributed by atoms with Crippen LogP contribution >= 0.6 is 30.3 Å². The summed E-state index contributed by atoms with van der Waals surface area (Å²) in [5.74, 6) is -0.219. The molecule has 0 bridgehead atoms. The average molecular weight is 569 g/mol. The van der Waals surface area contributed by atoms with Gasteiger partial charge in [-0.15, -0.1) is 0 Å². The van der Waals surface area contributed by atoms with Crippen molar-refractivity contribution in [2.75, 3.05) is 0 Å². The third-order valence-electron chi connectivity index (χ3n) is 4.95. The molecule has 0 spiro atoms. The fourth-order valence-corrected chi connectivity index (χ4v) is 4.52. The maximum Gasteiger partial charge on any atom is 0.238 e. The third kappa shape index (κ3) is 8.63. The van der Waals surface area contributed by atoms with Crippen molar-refractivity contribution in [2.45, 2.75) is 64.7 Å². The topological polar surface area (TPSA) is 82.3 Å². The van der Waals surface area contributed by atoms with E-state index in [9.17, 15) is 9.59 Å². The summed E-state index contributed by atoms with van der Waals surface area (Å²) in [6, 6.07) is 13.7. The first-order valence-corrected chi connectivity index (χ1v) is 14.0. The molecule has 0 aliphatic heterocycles. The molecule has 0 heterocycles. The van der Waals surface area contributed by atoms with Gasteiger partial charge in [0.25, 0.3) is 0 Å². The Labute approximate surface area is 207 Å². The van der Waals surface area contributed by atoms with Crippen LogP contribution in [0, 0.1) is 0 Å². The van der Waals surface area contributed by atoms with Crippen molar-refractivity contribution in [3.05, 3.63) is 60.3 Å². The average Bonchev–Trinajstić information content (AvgIpc) is 2.73. The van der Waals surface area contributed by atoms with Crippen LogP contribution in [-0.4, -0.2) is 29.4 Å². The molecular weight excluding hydrogens is 535 g/mol. The number of benzene rings is 2. The molecular formula is C24H33IN4O2S. The zero-order valence-electron chi connectivity index (χ0n) is 19.1. The van der Waals surface area contributed by atoms with Crippen molar-refractivity contribution < 1.29 is 9.59 Å². The van der Waals surface area contributed by atoms with E-state index in [2.05, 4.69) is 72.7 Å². The second kappa shape index (κ2) is 12.5. The highest BCUT2D eigenvalue weighted by Gasteiger charge is 2.23. The standard InChI is InChI=1S/C24H33IN4O2S/c1-16(26-15-19-11-8-10-18-9-6-7-12-20(18)19)17(2)27-23(31)21(29-32-25)13-14-22(30)28-24(3,4)5/h6-12,17,21,26,29H,1,13-15H2,2-5H3,(H,27,31)(H,28,30)/t17-,21-/m0/s1. The van der Waals surface area contributed by atoms with E-state index in [1.54, 1.807) is 0 Å². The number of nitrogens with one attached hydrogen (secondary N) is 4. The number of fused-ring (bicyclic) bond motifs is 1. The number of carbonyl (C=O) groups excluding carboxylic acids is 2. The molecule has 4 N–H and O–H groups in total. The zero-order valence-corrected chi connectivity index (χ0v) is 22.1. The van der Waals surface area contributed by atoms with Gasteiger partial charge >= 0.3 is 0 Å². The van der Waals surface area contributed by atoms with Crippen molar-refractivity contribution in [1.29, 1.82) is 0 Å². The van der Waals surface area contributed by atoms with Crippen molar-refractivity contribution in [1.82, 2.24) is 20.7 Å². The van der Waals surface area contributed by atoms with E-state index >= 15 is 0 Å². The predicted molar refractivity (Wildman–Crippen MR) is 143 cm³/mol. The quantitative estimate of drug-likeness (QED) is 0.236. The Morgan fingerprint density at radius 3 is 2.50 bits per heavy atom. The Hall–Kier alpha value is -1.78. The van der Waals surface area contributed by atoms with Gasteiger partial charge < -0.3 is 16.0 Å². The Bertz CT molecular complexity index is 940. The van der Waals surface area contributed by atoms with E-state index in [0.29, 0.717) is 13.0 Å². The van der Waals surface area contributed by atoms with Crippen molar-refractivity contribution in [3.63, 3.8) is 0 Å². The molecule has 2 aromatic rings. The Morgan fingerprint density at radius 2 is 1.81 bits per heavy atom. The van der Waals surface area contributed by atoms with Crippen LogP contribution in [0.2, 0.25) is 0 Å². The lowest BCUT2D eigenvalue weighted by molar-refractivity contribution is -0.124. The van der Waals surface area contributed by atoms with Crippen LogP contribution in [0.15, 0.2) is 54.7 Å². The SMILES string of the molecule is C=C(NCc1cccc2ccccc12)[C@H](C)NC(=O)[C@H](CCC(=O)NC(C)(C)C)NSI.